The molecule has 25 heavy (non-hydrogen) atoms. The molecule has 0 aromatic heterocycles. The summed E-state index contributed by atoms with van der Waals surface area (Å²) >= 11 is 0. The number of carbonyl (C=O) groups is 1. The topological polar surface area (TPSA) is 58.6 Å². The van der Waals surface area contributed by atoms with Gasteiger partial charge in [-0.05, 0) is 47.8 Å². The highest BCUT2D eigenvalue weighted by molar-refractivity contribution is 6.61. The number of rotatable bonds is 2. The Morgan fingerprint density at radius 1 is 1.20 bits per heavy atom. The quantitative estimate of drug-likeness (QED) is 0.644. The van der Waals surface area contributed by atoms with Gasteiger partial charge in [0.15, 0.2) is 0 Å². The Morgan fingerprint density at radius 3 is 2.64 bits per heavy atom. The monoisotopic (exact) mass is 353 g/mol. The number of nitrogens with one attached hydrogen (secondary N) is 1. The lowest BCUT2D eigenvalue weighted by molar-refractivity contribution is -0.137. The Bertz CT molecular complexity index is 826. The van der Waals surface area contributed by atoms with Gasteiger partial charge < -0.3 is 15.0 Å². The van der Waals surface area contributed by atoms with Crippen LogP contribution in [0.1, 0.15) is 21.5 Å². The molecular weight excluding hydrogens is 341 g/mol. The molecule has 0 spiro atoms. The van der Waals surface area contributed by atoms with E-state index in [0.29, 0.717) is 24.6 Å². The molecule has 2 aromatic carbocycles. The molecule has 0 aliphatic carbocycles. The molecule has 0 saturated heterocycles. The number of amides is 1. The number of benzene rings is 2. The maximum atomic E-state index is 13.8. The van der Waals surface area contributed by atoms with Gasteiger partial charge in [0, 0.05) is 12.3 Å². The van der Waals surface area contributed by atoms with Crippen LogP contribution < -0.4 is 10.8 Å². The minimum Gasteiger partial charge on any atom is -0.423 e. The number of hydrogen-bond donors (Lipinski definition) is 2. The molecule has 0 saturated carbocycles. The summed E-state index contributed by atoms with van der Waals surface area (Å²) in [5, 5.41) is 12.2. The molecule has 130 valence electrons. The number of carbonyl (C=O) groups excluding carboxylic acids is 1. The van der Waals surface area contributed by atoms with Crippen LogP contribution in [0.4, 0.5) is 23.2 Å². The summed E-state index contributed by atoms with van der Waals surface area (Å²) in [6.07, 6.45) is -4.08. The highest BCUT2D eigenvalue weighted by Crippen LogP contribution is 2.30. The van der Waals surface area contributed by atoms with Crippen LogP contribution in [0, 0.1) is 5.82 Å². The van der Waals surface area contributed by atoms with Gasteiger partial charge in [-0.3, -0.25) is 4.79 Å². The molecule has 1 heterocycles. The van der Waals surface area contributed by atoms with Crippen molar-refractivity contribution in [2.75, 3.05) is 11.9 Å². The summed E-state index contributed by atoms with van der Waals surface area (Å²) in [6.45, 7) is 0.372. The molecule has 4 nitrogen and oxygen atoms in total. The van der Waals surface area contributed by atoms with Gasteiger partial charge in [-0.2, -0.15) is 13.2 Å². The predicted octanol–water partition coefficient (Wildman–Crippen LogP) is 2.36. The maximum absolute atomic E-state index is 13.8. The number of fused-ring (bicyclic) bond motifs is 1. The van der Waals surface area contributed by atoms with Gasteiger partial charge in [0.1, 0.15) is 5.82 Å². The van der Waals surface area contributed by atoms with Crippen molar-refractivity contribution in [1.82, 2.24) is 0 Å². The average molecular weight is 353 g/mol. The molecular formula is C16H12BF4NO3. The van der Waals surface area contributed by atoms with Crippen LogP contribution in [-0.2, 0) is 17.3 Å². The van der Waals surface area contributed by atoms with Crippen LogP contribution in [-0.4, -0.2) is 24.7 Å². The van der Waals surface area contributed by atoms with E-state index in [1.807, 2.05) is 0 Å². The van der Waals surface area contributed by atoms with Crippen LogP contribution in [0.3, 0.4) is 0 Å². The third-order valence-electron chi connectivity index (χ3n) is 3.86. The molecule has 0 unspecified atom stereocenters. The fourth-order valence-corrected chi connectivity index (χ4v) is 2.57. The van der Waals surface area contributed by atoms with Gasteiger partial charge >= 0.3 is 13.3 Å². The molecule has 3 rings (SSSR count). The first-order valence-electron chi connectivity index (χ1n) is 7.36. The fourth-order valence-electron chi connectivity index (χ4n) is 2.57. The predicted molar refractivity (Wildman–Crippen MR) is 83.1 cm³/mol. The highest BCUT2D eigenvalue weighted by Gasteiger charge is 2.32. The standard InChI is InChI=1S/C16H12BF4NO3/c18-14-7-10(16(19,20)21)2-4-12(14)15(23)22-11-3-1-9-5-6-25-17(24)13(9)8-11/h1-4,7-8,24H,5-6H2,(H,22,23). The number of hydrogen-bond acceptors (Lipinski definition) is 3. The van der Waals surface area contributed by atoms with Crippen LogP contribution >= 0.6 is 0 Å². The molecule has 0 fully saturated rings. The van der Waals surface area contributed by atoms with Crippen molar-refractivity contribution in [2.24, 2.45) is 0 Å². The van der Waals surface area contributed by atoms with Crippen LogP contribution in [0.15, 0.2) is 36.4 Å². The smallest absolute Gasteiger partial charge is 0.423 e. The summed E-state index contributed by atoms with van der Waals surface area (Å²) in [5.41, 5.74) is -0.0693. The molecule has 0 bridgehead atoms. The Hall–Kier alpha value is -2.39. The molecule has 2 aromatic rings. The lowest BCUT2D eigenvalue weighted by Gasteiger charge is -2.19. The van der Waals surface area contributed by atoms with E-state index in [-0.39, 0.29) is 11.8 Å². The second kappa shape index (κ2) is 6.49. The highest BCUT2D eigenvalue weighted by atomic mass is 19.4. The fraction of sp³-hybridized carbons (Fsp3) is 0.188. The molecule has 2 N–H and O–H groups in total. The van der Waals surface area contributed by atoms with E-state index >= 15 is 0 Å². The van der Waals surface area contributed by atoms with Gasteiger partial charge in [0.25, 0.3) is 5.91 Å². The lowest BCUT2D eigenvalue weighted by atomic mass is 9.73. The van der Waals surface area contributed by atoms with Gasteiger partial charge in [0.2, 0.25) is 0 Å². The van der Waals surface area contributed by atoms with E-state index in [1.54, 1.807) is 12.1 Å². The van der Waals surface area contributed by atoms with Crippen molar-refractivity contribution in [1.29, 1.82) is 0 Å². The SMILES string of the molecule is O=C(Nc1ccc2c(c1)B(O)OCC2)c1ccc(C(F)(F)F)cc1F. The van der Waals surface area contributed by atoms with Crippen molar-refractivity contribution in [3.63, 3.8) is 0 Å². The summed E-state index contributed by atoms with van der Waals surface area (Å²) in [6, 6.07) is 6.45. The third kappa shape index (κ3) is 3.67. The second-order valence-electron chi connectivity index (χ2n) is 5.53. The van der Waals surface area contributed by atoms with Crippen molar-refractivity contribution >= 4 is 24.2 Å². The van der Waals surface area contributed by atoms with E-state index in [9.17, 15) is 27.4 Å². The van der Waals surface area contributed by atoms with Gasteiger partial charge in [-0.1, -0.05) is 6.07 Å². The Labute approximate surface area is 140 Å². The summed E-state index contributed by atoms with van der Waals surface area (Å²) in [4.78, 5) is 12.1. The Balaban J connectivity index is 1.82. The van der Waals surface area contributed by atoms with E-state index in [1.165, 1.54) is 6.07 Å². The second-order valence-corrected chi connectivity index (χ2v) is 5.53. The lowest BCUT2D eigenvalue weighted by Crippen LogP contribution is -2.41. The van der Waals surface area contributed by atoms with Crippen molar-refractivity contribution in [3.8, 4) is 0 Å². The minimum absolute atomic E-state index is 0.271. The van der Waals surface area contributed by atoms with Crippen molar-refractivity contribution < 1.29 is 32.0 Å². The van der Waals surface area contributed by atoms with Crippen LogP contribution in [0.5, 0.6) is 0 Å². The van der Waals surface area contributed by atoms with E-state index in [2.05, 4.69) is 5.32 Å². The summed E-state index contributed by atoms with van der Waals surface area (Å²) in [7, 11) is -1.12. The number of anilines is 1. The van der Waals surface area contributed by atoms with E-state index < -0.39 is 36.1 Å². The van der Waals surface area contributed by atoms with Gasteiger partial charge in [-0.25, -0.2) is 4.39 Å². The molecule has 0 atom stereocenters. The van der Waals surface area contributed by atoms with Crippen LogP contribution in [0.2, 0.25) is 0 Å². The molecule has 0 radical (unpaired) electrons. The maximum Gasteiger partial charge on any atom is 0.491 e. The van der Waals surface area contributed by atoms with Crippen LogP contribution in [0.25, 0.3) is 0 Å². The van der Waals surface area contributed by atoms with Gasteiger partial charge in [0.05, 0.1) is 11.1 Å². The first kappa shape index (κ1) is 17.4. The van der Waals surface area contributed by atoms with Gasteiger partial charge in [-0.15, -0.1) is 0 Å². The number of alkyl halides is 3. The first-order chi connectivity index (χ1) is 11.8. The van der Waals surface area contributed by atoms with E-state index in [0.717, 1.165) is 11.6 Å². The zero-order chi connectivity index (χ0) is 18.2. The normalized spacial score (nSPS) is 14.2. The zero-order valence-electron chi connectivity index (χ0n) is 12.7. The van der Waals surface area contributed by atoms with E-state index in [4.69, 9.17) is 4.65 Å². The zero-order valence-corrected chi connectivity index (χ0v) is 12.7. The molecule has 1 aliphatic rings. The minimum atomic E-state index is -4.69. The molecule has 9 heteroatoms. The first-order valence-corrected chi connectivity index (χ1v) is 7.36. The molecule has 1 aliphatic heterocycles. The molecule has 1 amide bonds. The summed E-state index contributed by atoms with van der Waals surface area (Å²) < 4.78 is 56.6. The Kier molecular flexibility index (Phi) is 4.53. The third-order valence-corrected chi connectivity index (χ3v) is 3.86. The largest absolute Gasteiger partial charge is 0.491 e. The van der Waals surface area contributed by atoms with Crippen molar-refractivity contribution in [2.45, 2.75) is 12.6 Å². The average Bonchev–Trinajstić information content (AvgIpc) is 2.54. The number of halogens is 4. The van der Waals surface area contributed by atoms with Crippen molar-refractivity contribution in [3.05, 3.63) is 58.9 Å². The Morgan fingerprint density at radius 2 is 1.96 bits per heavy atom. The summed E-state index contributed by atoms with van der Waals surface area (Å²) in [5.74, 6) is -2.16.